The molecule has 112 valence electrons. The first-order valence-corrected chi connectivity index (χ1v) is 7.29. The number of sulfonamides is 1. The summed E-state index contributed by atoms with van der Waals surface area (Å²) >= 11 is 0. The second-order valence-corrected chi connectivity index (χ2v) is 5.93. The molecule has 0 spiro atoms. The Kier molecular flexibility index (Phi) is 5.17. The third kappa shape index (κ3) is 3.31. The molecule has 8 nitrogen and oxygen atoms in total. The van der Waals surface area contributed by atoms with E-state index in [-0.39, 0.29) is 6.42 Å². The number of aliphatic hydroxyl groups excluding tert-OH is 2. The van der Waals surface area contributed by atoms with Gasteiger partial charge in [-0.15, -0.1) is 0 Å². The monoisotopic (exact) mass is 304 g/mol. The van der Waals surface area contributed by atoms with E-state index < -0.39 is 44.3 Å². The molecule has 0 aliphatic rings. The van der Waals surface area contributed by atoms with Gasteiger partial charge in [0.05, 0.1) is 23.7 Å². The summed E-state index contributed by atoms with van der Waals surface area (Å²) in [6.07, 6.45) is 0.125. The van der Waals surface area contributed by atoms with E-state index in [4.69, 9.17) is 0 Å². The van der Waals surface area contributed by atoms with Crippen molar-refractivity contribution in [1.82, 2.24) is 4.72 Å². The molecule has 0 unspecified atom stereocenters. The third-order valence-electron chi connectivity index (χ3n) is 2.98. The Labute approximate surface area is 116 Å². The van der Waals surface area contributed by atoms with Gasteiger partial charge in [-0.25, -0.2) is 13.1 Å². The van der Waals surface area contributed by atoms with E-state index in [1.54, 1.807) is 6.92 Å². The van der Waals surface area contributed by atoms with Crippen molar-refractivity contribution in [3.05, 3.63) is 34.4 Å². The average Bonchev–Trinajstić information content (AvgIpc) is 2.45. The van der Waals surface area contributed by atoms with Crippen LogP contribution in [0, 0.1) is 10.1 Å². The first kappa shape index (κ1) is 16.5. The molecule has 20 heavy (non-hydrogen) atoms. The minimum atomic E-state index is -4.24. The Balaban J connectivity index is 3.28. The van der Waals surface area contributed by atoms with Gasteiger partial charge in [0.2, 0.25) is 10.0 Å². The van der Waals surface area contributed by atoms with Crippen LogP contribution in [0.1, 0.15) is 13.3 Å². The van der Waals surface area contributed by atoms with Crippen LogP contribution in [0.4, 0.5) is 5.69 Å². The Morgan fingerprint density at radius 2 is 1.85 bits per heavy atom. The van der Waals surface area contributed by atoms with Gasteiger partial charge in [0, 0.05) is 6.07 Å². The molecule has 0 atom stereocenters. The number of benzene rings is 1. The maximum absolute atomic E-state index is 12.2. The van der Waals surface area contributed by atoms with Crippen LogP contribution in [0.5, 0.6) is 0 Å². The van der Waals surface area contributed by atoms with Crippen molar-refractivity contribution < 1.29 is 23.6 Å². The Morgan fingerprint density at radius 3 is 2.30 bits per heavy atom. The fourth-order valence-corrected chi connectivity index (χ4v) is 3.21. The van der Waals surface area contributed by atoms with Gasteiger partial charge in [-0.05, 0) is 12.5 Å². The van der Waals surface area contributed by atoms with Gasteiger partial charge in [-0.2, -0.15) is 0 Å². The van der Waals surface area contributed by atoms with E-state index in [1.807, 2.05) is 0 Å². The number of nitro groups is 1. The summed E-state index contributed by atoms with van der Waals surface area (Å²) in [4.78, 5) is 9.54. The van der Waals surface area contributed by atoms with Gasteiger partial charge in [-0.1, -0.05) is 19.1 Å². The summed E-state index contributed by atoms with van der Waals surface area (Å²) in [5.74, 6) is 0. The number of nitrogens with one attached hydrogen (secondary N) is 1. The normalized spacial score (nSPS) is 12.3. The van der Waals surface area contributed by atoms with Crippen LogP contribution in [0.25, 0.3) is 0 Å². The van der Waals surface area contributed by atoms with Crippen molar-refractivity contribution in [3.63, 3.8) is 0 Å². The van der Waals surface area contributed by atoms with Crippen LogP contribution in [0.15, 0.2) is 29.2 Å². The summed E-state index contributed by atoms with van der Waals surface area (Å²) in [6, 6.07) is 4.87. The number of hydrogen-bond donors (Lipinski definition) is 3. The number of aliphatic hydroxyl groups is 2. The van der Waals surface area contributed by atoms with Crippen molar-refractivity contribution in [2.75, 3.05) is 13.2 Å². The zero-order valence-corrected chi connectivity index (χ0v) is 11.6. The number of rotatable bonds is 7. The van der Waals surface area contributed by atoms with E-state index in [2.05, 4.69) is 4.72 Å². The summed E-state index contributed by atoms with van der Waals surface area (Å²) in [5.41, 5.74) is -2.02. The molecule has 0 amide bonds. The molecule has 0 heterocycles. The lowest BCUT2D eigenvalue weighted by molar-refractivity contribution is -0.387. The van der Waals surface area contributed by atoms with E-state index in [0.29, 0.717) is 0 Å². The Bertz CT molecular complexity index is 574. The van der Waals surface area contributed by atoms with Crippen LogP contribution < -0.4 is 4.72 Å². The van der Waals surface area contributed by atoms with Gasteiger partial charge in [-0.3, -0.25) is 10.1 Å². The molecule has 0 bridgehead atoms. The standard InChI is InChI=1S/C11H16N2O6S/c1-2-11(7-14,8-15)12-20(18,19)10-6-4-3-5-9(10)13(16)17/h3-6,12,14-15H,2,7-8H2,1H3. The average molecular weight is 304 g/mol. The van der Waals surface area contributed by atoms with Gasteiger partial charge < -0.3 is 10.2 Å². The number of hydrogen-bond acceptors (Lipinski definition) is 6. The van der Waals surface area contributed by atoms with Crippen LogP contribution in [-0.4, -0.2) is 42.3 Å². The van der Waals surface area contributed by atoms with Crippen molar-refractivity contribution in [1.29, 1.82) is 0 Å². The lowest BCUT2D eigenvalue weighted by Crippen LogP contribution is -2.53. The highest BCUT2D eigenvalue weighted by Crippen LogP contribution is 2.24. The molecule has 3 N–H and O–H groups in total. The highest BCUT2D eigenvalue weighted by Gasteiger charge is 2.35. The summed E-state index contributed by atoms with van der Waals surface area (Å²) in [7, 11) is -4.24. The van der Waals surface area contributed by atoms with Crippen LogP contribution >= 0.6 is 0 Å². The fourth-order valence-electron chi connectivity index (χ4n) is 1.59. The van der Waals surface area contributed by atoms with Gasteiger partial charge >= 0.3 is 0 Å². The van der Waals surface area contributed by atoms with Crippen molar-refractivity contribution in [3.8, 4) is 0 Å². The predicted octanol–water partition coefficient (Wildman–Crippen LogP) is 0.00650. The smallest absolute Gasteiger partial charge is 0.289 e. The van der Waals surface area contributed by atoms with E-state index in [1.165, 1.54) is 12.1 Å². The molecule has 0 saturated heterocycles. The maximum atomic E-state index is 12.2. The zero-order valence-electron chi connectivity index (χ0n) is 10.8. The highest BCUT2D eigenvalue weighted by atomic mass is 32.2. The van der Waals surface area contributed by atoms with Gasteiger partial charge in [0.15, 0.2) is 4.90 Å². The quantitative estimate of drug-likeness (QED) is 0.480. The van der Waals surface area contributed by atoms with E-state index in [0.717, 1.165) is 12.1 Å². The molecule has 1 rings (SSSR count). The van der Waals surface area contributed by atoms with Crippen LogP contribution in [0.3, 0.4) is 0 Å². The first-order valence-electron chi connectivity index (χ1n) is 5.81. The number of nitro benzene ring substituents is 1. The third-order valence-corrected chi connectivity index (χ3v) is 4.61. The van der Waals surface area contributed by atoms with Gasteiger partial charge in [0.25, 0.3) is 5.69 Å². The molecule has 0 saturated carbocycles. The molecule has 0 aliphatic heterocycles. The van der Waals surface area contributed by atoms with Crippen LogP contribution in [-0.2, 0) is 10.0 Å². The fraction of sp³-hybridized carbons (Fsp3) is 0.455. The Hall–Kier alpha value is -1.55. The number of para-hydroxylation sites is 1. The molecular weight excluding hydrogens is 288 g/mol. The summed E-state index contributed by atoms with van der Waals surface area (Å²) in [5, 5.41) is 29.3. The van der Waals surface area contributed by atoms with E-state index >= 15 is 0 Å². The zero-order chi connectivity index (χ0) is 15.4. The largest absolute Gasteiger partial charge is 0.394 e. The van der Waals surface area contributed by atoms with Crippen molar-refractivity contribution in [2.24, 2.45) is 0 Å². The molecule has 0 aromatic heterocycles. The lowest BCUT2D eigenvalue weighted by Gasteiger charge is -2.29. The minimum Gasteiger partial charge on any atom is -0.394 e. The van der Waals surface area contributed by atoms with Crippen molar-refractivity contribution in [2.45, 2.75) is 23.8 Å². The predicted molar refractivity (Wildman–Crippen MR) is 70.6 cm³/mol. The Morgan fingerprint density at radius 1 is 1.30 bits per heavy atom. The molecule has 0 fully saturated rings. The highest BCUT2D eigenvalue weighted by molar-refractivity contribution is 7.89. The van der Waals surface area contributed by atoms with Gasteiger partial charge in [0.1, 0.15) is 0 Å². The topological polar surface area (TPSA) is 130 Å². The molecule has 9 heteroatoms. The lowest BCUT2D eigenvalue weighted by atomic mass is 10.0. The second-order valence-electron chi connectivity index (χ2n) is 4.28. The maximum Gasteiger partial charge on any atom is 0.289 e. The molecular formula is C11H16N2O6S. The minimum absolute atomic E-state index is 0.125. The molecule has 0 aliphatic carbocycles. The first-order chi connectivity index (χ1) is 9.32. The number of nitrogens with zero attached hydrogens (tertiary/aromatic N) is 1. The van der Waals surface area contributed by atoms with Crippen molar-refractivity contribution >= 4 is 15.7 Å². The SMILES string of the molecule is CCC(CO)(CO)NS(=O)(=O)c1ccccc1[N+](=O)[O-]. The molecule has 1 aromatic carbocycles. The summed E-state index contributed by atoms with van der Waals surface area (Å²) in [6.45, 7) is 0.327. The molecule has 0 radical (unpaired) electrons. The second kappa shape index (κ2) is 6.27. The van der Waals surface area contributed by atoms with E-state index in [9.17, 15) is 28.7 Å². The summed E-state index contributed by atoms with van der Waals surface area (Å²) < 4.78 is 26.6. The molecule has 1 aromatic rings. The van der Waals surface area contributed by atoms with Crippen LogP contribution in [0.2, 0.25) is 0 Å².